The molecule has 1 N–H and O–H groups in total. The summed E-state index contributed by atoms with van der Waals surface area (Å²) in [7, 11) is 1.85. The van der Waals surface area contributed by atoms with Gasteiger partial charge in [-0.15, -0.1) is 0 Å². The Bertz CT molecular complexity index is 766. The fourth-order valence-corrected chi connectivity index (χ4v) is 2.36. The predicted molar refractivity (Wildman–Crippen MR) is 81.5 cm³/mol. The van der Waals surface area contributed by atoms with Crippen molar-refractivity contribution in [1.82, 2.24) is 9.55 Å². The molecule has 0 aliphatic carbocycles. The van der Waals surface area contributed by atoms with Gasteiger partial charge < -0.3 is 9.88 Å². The standard InChI is InChI=1S/C17H15F2N3/c1-22-11-10-20-17(22)16(14-4-2-3-5-15(14)19)21-13-8-6-12(18)7-9-13/h2-11,16,21H,1H3. The van der Waals surface area contributed by atoms with Crippen LogP contribution in [0.1, 0.15) is 17.4 Å². The van der Waals surface area contributed by atoms with Crippen LogP contribution in [0.4, 0.5) is 14.5 Å². The van der Waals surface area contributed by atoms with Gasteiger partial charge in [-0.3, -0.25) is 0 Å². The van der Waals surface area contributed by atoms with Crippen LogP contribution in [0.2, 0.25) is 0 Å². The first kappa shape index (κ1) is 14.3. The van der Waals surface area contributed by atoms with Crippen LogP contribution < -0.4 is 5.32 Å². The van der Waals surface area contributed by atoms with E-state index in [0.29, 0.717) is 17.1 Å². The van der Waals surface area contributed by atoms with Gasteiger partial charge in [0.2, 0.25) is 0 Å². The first-order chi connectivity index (χ1) is 10.6. The van der Waals surface area contributed by atoms with Gasteiger partial charge in [-0.05, 0) is 30.3 Å². The first-order valence-electron chi connectivity index (χ1n) is 6.89. The highest BCUT2D eigenvalue weighted by atomic mass is 19.1. The second-order valence-corrected chi connectivity index (χ2v) is 5.00. The topological polar surface area (TPSA) is 29.9 Å². The normalized spacial score (nSPS) is 12.1. The number of benzene rings is 2. The van der Waals surface area contributed by atoms with E-state index in [1.807, 2.05) is 11.6 Å². The number of halogens is 2. The maximum atomic E-state index is 14.2. The molecule has 0 amide bonds. The van der Waals surface area contributed by atoms with E-state index in [2.05, 4.69) is 10.3 Å². The highest BCUT2D eigenvalue weighted by molar-refractivity contribution is 5.47. The monoisotopic (exact) mass is 299 g/mol. The minimum absolute atomic E-state index is 0.315. The van der Waals surface area contributed by atoms with Crippen molar-refractivity contribution in [1.29, 1.82) is 0 Å². The van der Waals surface area contributed by atoms with Gasteiger partial charge in [-0.2, -0.15) is 0 Å². The van der Waals surface area contributed by atoms with Gasteiger partial charge >= 0.3 is 0 Å². The van der Waals surface area contributed by atoms with Crippen LogP contribution in [-0.2, 0) is 7.05 Å². The van der Waals surface area contributed by atoms with Crippen molar-refractivity contribution < 1.29 is 8.78 Å². The Hall–Kier alpha value is -2.69. The number of aryl methyl sites for hydroxylation is 1. The van der Waals surface area contributed by atoms with Crippen molar-refractivity contribution in [2.45, 2.75) is 6.04 Å². The molecule has 3 rings (SSSR count). The van der Waals surface area contributed by atoms with E-state index < -0.39 is 6.04 Å². The maximum Gasteiger partial charge on any atom is 0.135 e. The summed E-state index contributed by atoms with van der Waals surface area (Å²) in [5.41, 5.74) is 1.18. The van der Waals surface area contributed by atoms with Crippen molar-refractivity contribution in [3.8, 4) is 0 Å². The molecule has 0 fully saturated rings. The molecule has 0 spiro atoms. The summed E-state index contributed by atoms with van der Waals surface area (Å²) >= 11 is 0. The quantitative estimate of drug-likeness (QED) is 0.792. The van der Waals surface area contributed by atoms with E-state index in [1.165, 1.54) is 18.2 Å². The van der Waals surface area contributed by atoms with Gasteiger partial charge in [0.05, 0.1) is 0 Å². The van der Waals surface area contributed by atoms with E-state index in [9.17, 15) is 8.78 Å². The zero-order valence-electron chi connectivity index (χ0n) is 12.0. The molecule has 1 aromatic heterocycles. The molecule has 0 saturated heterocycles. The third-order valence-electron chi connectivity index (χ3n) is 3.49. The van der Waals surface area contributed by atoms with E-state index in [4.69, 9.17) is 0 Å². The van der Waals surface area contributed by atoms with Crippen molar-refractivity contribution in [3.05, 3.63) is 83.9 Å². The van der Waals surface area contributed by atoms with Crippen molar-refractivity contribution in [2.75, 3.05) is 5.32 Å². The third kappa shape index (κ3) is 2.83. The molecule has 0 saturated carbocycles. The van der Waals surface area contributed by atoms with Gasteiger partial charge in [0, 0.05) is 30.7 Å². The third-order valence-corrected chi connectivity index (χ3v) is 3.49. The molecule has 3 nitrogen and oxygen atoms in total. The summed E-state index contributed by atoms with van der Waals surface area (Å²) in [6.07, 6.45) is 3.46. The Labute approximate surface area is 127 Å². The number of nitrogens with one attached hydrogen (secondary N) is 1. The Morgan fingerprint density at radius 3 is 2.41 bits per heavy atom. The summed E-state index contributed by atoms with van der Waals surface area (Å²) in [5.74, 6) is 0.0459. The molecule has 1 unspecified atom stereocenters. The zero-order valence-corrected chi connectivity index (χ0v) is 12.0. The van der Waals surface area contributed by atoms with E-state index >= 15 is 0 Å². The van der Waals surface area contributed by atoms with Crippen LogP contribution in [0.5, 0.6) is 0 Å². The lowest BCUT2D eigenvalue weighted by Crippen LogP contribution is -2.18. The van der Waals surface area contributed by atoms with Gasteiger partial charge in [0.15, 0.2) is 0 Å². The van der Waals surface area contributed by atoms with E-state index in [-0.39, 0.29) is 11.6 Å². The predicted octanol–water partition coefficient (Wildman–Crippen LogP) is 3.90. The average molecular weight is 299 g/mol. The molecule has 0 aliphatic heterocycles. The van der Waals surface area contributed by atoms with Crippen molar-refractivity contribution in [2.24, 2.45) is 7.05 Å². The Morgan fingerprint density at radius 2 is 1.77 bits per heavy atom. The lowest BCUT2D eigenvalue weighted by Gasteiger charge is -2.20. The molecule has 0 radical (unpaired) electrons. The lowest BCUT2D eigenvalue weighted by molar-refractivity contribution is 0.596. The fourth-order valence-electron chi connectivity index (χ4n) is 2.36. The Morgan fingerprint density at radius 1 is 1.05 bits per heavy atom. The van der Waals surface area contributed by atoms with Gasteiger partial charge in [0.1, 0.15) is 23.5 Å². The van der Waals surface area contributed by atoms with Crippen molar-refractivity contribution >= 4 is 5.69 Å². The van der Waals surface area contributed by atoms with Crippen molar-refractivity contribution in [3.63, 3.8) is 0 Å². The molecular weight excluding hydrogens is 284 g/mol. The maximum absolute atomic E-state index is 14.2. The highest BCUT2D eigenvalue weighted by Crippen LogP contribution is 2.27. The minimum atomic E-state index is -0.466. The average Bonchev–Trinajstić information content (AvgIpc) is 2.94. The number of anilines is 1. The molecule has 1 atom stereocenters. The largest absolute Gasteiger partial charge is 0.371 e. The summed E-state index contributed by atoms with van der Waals surface area (Å²) < 4.78 is 29.1. The zero-order chi connectivity index (χ0) is 15.5. The second kappa shape index (κ2) is 5.97. The summed E-state index contributed by atoms with van der Waals surface area (Å²) in [4.78, 5) is 4.31. The fraction of sp³-hybridized carbons (Fsp3) is 0.118. The van der Waals surface area contributed by atoms with Crippen LogP contribution in [0, 0.1) is 11.6 Å². The smallest absolute Gasteiger partial charge is 0.135 e. The molecular formula is C17H15F2N3. The molecule has 3 aromatic rings. The summed E-state index contributed by atoms with van der Waals surface area (Å²) in [6.45, 7) is 0. The lowest BCUT2D eigenvalue weighted by atomic mass is 10.0. The first-order valence-corrected chi connectivity index (χ1v) is 6.89. The van der Waals surface area contributed by atoms with Crippen LogP contribution in [0.3, 0.4) is 0 Å². The summed E-state index contributed by atoms with van der Waals surface area (Å²) in [5, 5.41) is 3.22. The van der Waals surface area contributed by atoms with E-state index in [1.54, 1.807) is 42.7 Å². The van der Waals surface area contributed by atoms with Gasteiger partial charge in [0.25, 0.3) is 0 Å². The Kier molecular flexibility index (Phi) is 3.87. The van der Waals surface area contributed by atoms with Gasteiger partial charge in [-0.25, -0.2) is 13.8 Å². The van der Waals surface area contributed by atoms with Crippen LogP contribution in [0.25, 0.3) is 0 Å². The van der Waals surface area contributed by atoms with Gasteiger partial charge in [-0.1, -0.05) is 18.2 Å². The molecule has 0 bridgehead atoms. The highest BCUT2D eigenvalue weighted by Gasteiger charge is 2.21. The van der Waals surface area contributed by atoms with Crippen LogP contribution >= 0.6 is 0 Å². The second-order valence-electron chi connectivity index (χ2n) is 5.00. The minimum Gasteiger partial charge on any atom is -0.371 e. The molecule has 112 valence electrons. The molecule has 5 heteroatoms. The number of nitrogens with zero attached hydrogens (tertiary/aromatic N) is 2. The number of imidazole rings is 1. The number of aromatic nitrogens is 2. The molecule has 0 aliphatic rings. The Balaban J connectivity index is 2.02. The summed E-state index contributed by atoms with van der Waals surface area (Å²) in [6, 6.07) is 12.0. The molecule has 2 aromatic carbocycles. The SMILES string of the molecule is Cn1ccnc1C(Nc1ccc(F)cc1)c1ccccc1F. The van der Waals surface area contributed by atoms with Crippen LogP contribution in [0.15, 0.2) is 60.9 Å². The number of rotatable bonds is 4. The molecule has 22 heavy (non-hydrogen) atoms. The number of hydrogen-bond acceptors (Lipinski definition) is 2. The molecule has 1 heterocycles. The van der Waals surface area contributed by atoms with Crippen LogP contribution in [-0.4, -0.2) is 9.55 Å². The van der Waals surface area contributed by atoms with E-state index in [0.717, 1.165) is 0 Å². The number of hydrogen-bond donors (Lipinski definition) is 1.